The van der Waals surface area contributed by atoms with Crippen LogP contribution >= 0.6 is 0 Å². The first-order valence-electron chi connectivity index (χ1n) is 8.24. The Morgan fingerprint density at radius 3 is 2.25 bits per heavy atom. The average Bonchev–Trinajstić information content (AvgIpc) is 2.46. The van der Waals surface area contributed by atoms with Crippen LogP contribution in [0.25, 0.3) is 0 Å². The van der Waals surface area contributed by atoms with Gasteiger partial charge in [-0.2, -0.15) is 0 Å². The van der Waals surface area contributed by atoms with Crippen LogP contribution in [0, 0.1) is 5.92 Å². The SMILES string of the molecule is CN=C(NCc1ccccc1CS(=O)(=O)NC(C)C)NCC(C)C. The van der Waals surface area contributed by atoms with Crippen LogP contribution in [0.5, 0.6) is 0 Å². The van der Waals surface area contributed by atoms with Crippen LogP contribution in [0.4, 0.5) is 0 Å². The number of nitrogens with zero attached hydrogens (tertiary/aromatic N) is 1. The lowest BCUT2D eigenvalue weighted by molar-refractivity contribution is 0.568. The van der Waals surface area contributed by atoms with Crippen LogP contribution in [0.1, 0.15) is 38.8 Å². The van der Waals surface area contributed by atoms with Gasteiger partial charge in [0.1, 0.15) is 0 Å². The van der Waals surface area contributed by atoms with Crippen LogP contribution in [-0.4, -0.2) is 34.0 Å². The molecule has 0 radical (unpaired) electrons. The molecule has 136 valence electrons. The number of hydrogen-bond donors (Lipinski definition) is 3. The summed E-state index contributed by atoms with van der Waals surface area (Å²) in [6, 6.07) is 7.44. The van der Waals surface area contributed by atoms with Crippen LogP contribution < -0.4 is 15.4 Å². The molecule has 0 atom stereocenters. The van der Waals surface area contributed by atoms with E-state index in [-0.39, 0.29) is 11.8 Å². The number of aliphatic imine (C=N–C) groups is 1. The Labute approximate surface area is 146 Å². The van der Waals surface area contributed by atoms with E-state index in [2.05, 4.69) is 34.2 Å². The highest BCUT2D eigenvalue weighted by Gasteiger charge is 2.15. The molecule has 0 aromatic heterocycles. The van der Waals surface area contributed by atoms with E-state index in [0.29, 0.717) is 18.4 Å². The molecule has 0 aliphatic heterocycles. The first-order valence-corrected chi connectivity index (χ1v) is 9.90. The number of benzene rings is 1. The van der Waals surface area contributed by atoms with E-state index in [1.807, 2.05) is 38.1 Å². The van der Waals surface area contributed by atoms with E-state index >= 15 is 0 Å². The van der Waals surface area contributed by atoms with Crippen LogP contribution in [0.15, 0.2) is 29.3 Å². The van der Waals surface area contributed by atoms with Gasteiger partial charge < -0.3 is 10.6 Å². The van der Waals surface area contributed by atoms with Crippen molar-refractivity contribution < 1.29 is 8.42 Å². The number of rotatable bonds is 8. The number of nitrogens with one attached hydrogen (secondary N) is 3. The fourth-order valence-electron chi connectivity index (χ4n) is 2.18. The van der Waals surface area contributed by atoms with Crippen LogP contribution in [-0.2, 0) is 22.3 Å². The molecule has 1 aromatic rings. The van der Waals surface area contributed by atoms with Gasteiger partial charge in [-0.15, -0.1) is 0 Å². The maximum absolute atomic E-state index is 12.2. The van der Waals surface area contributed by atoms with Crippen molar-refractivity contribution in [2.24, 2.45) is 10.9 Å². The van der Waals surface area contributed by atoms with Crippen molar-refractivity contribution in [1.82, 2.24) is 15.4 Å². The predicted octanol–water partition coefficient (Wildman–Crippen LogP) is 1.84. The topological polar surface area (TPSA) is 82.6 Å². The minimum atomic E-state index is -3.35. The second-order valence-electron chi connectivity index (χ2n) is 6.50. The zero-order valence-electron chi connectivity index (χ0n) is 15.3. The Bertz CT molecular complexity index is 640. The fraction of sp³-hybridized carbons (Fsp3) is 0.588. The summed E-state index contributed by atoms with van der Waals surface area (Å²) in [6.07, 6.45) is 0. The highest BCUT2D eigenvalue weighted by Crippen LogP contribution is 2.12. The van der Waals surface area contributed by atoms with Crippen molar-refractivity contribution in [3.05, 3.63) is 35.4 Å². The normalized spacial score (nSPS) is 12.7. The lowest BCUT2D eigenvalue weighted by Gasteiger charge is -2.16. The molecule has 0 aliphatic carbocycles. The van der Waals surface area contributed by atoms with Crippen molar-refractivity contribution in [2.45, 2.75) is 46.0 Å². The van der Waals surface area contributed by atoms with Crippen LogP contribution in [0.3, 0.4) is 0 Å². The zero-order valence-corrected chi connectivity index (χ0v) is 16.1. The minimum Gasteiger partial charge on any atom is -0.356 e. The first-order chi connectivity index (χ1) is 11.2. The Kier molecular flexibility index (Phi) is 8.21. The van der Waals surface area contributed by atoms with Crippen molar-refractivity contribution in [3.63, 3.8) is 0 Å². The molecule has 0 spiro atoms. The summed E-state index contributed by atoms with van der Waals surface area (Å²) < 4.78 is 27.0. The Hall–Kier alpha value is -1.60. The molecule has 6 nitrogen and oxygen atoms in total. The molecular formula is C17H30N4O2S. The quantitative estimate of drug-likeness (QED) is 0.491. The molecule has 0 heterocycles. The molecule has 0 aliphatic rings. The van der Waals surface area contributed by atoms with Gasteiger partial charge in [-0.05, 0) is 30.9 Å². The van der Waals surface area contributed by atoms with Crippen molar-refractivity contribution >= 4 is 16.0 Å². The van der Waals surface area contributed by atoms with E-state index in [1.165, 1.54) is 0 Å². The van der Waals surface area contributed by atoms with Crippen molar-refractivity contribution in [1.29, 1.82) is 0 Å². The molecule has 0 fully saturated rings. The van der Waals surface area contributed by atoms with Crippen molar-refractivity contribution in [3.8, 4) is 0 Å². The third kappa shape index (κ3) is 7.79. The van der Waals surface area contributed by atoms with E-state index in [9.17, 15) is 8.42 Å². The maximum atomic E-state index is 12.2. The van der Waals surface area contributed by atoms with E-state index in [0.717, 1.165) is 17.7 Å². The third-order valence-corrected chi connectivity index (χ3v) is 4.75. The van der Waals surface area contributed by atoms with Gasteiger partial charge in [0, 0.05) is 26.2 Å². The van der Waals surface area contributed by atoms with Gasteiger partial charge in [0.25, 0.3) is 0 Å². The zero-order chi connectivity index (χ0) is 18.2. The van der Waals surface area contributed by atoms with Gasteiger partial charge >= 0.3 is 0 Å². The number of sulfonamides is 1. The summed E-state index contributed by atoms with van der Waals surface area (Å²) in [6.45, 7) is 9.23. The van der Waals surface area contributed by atoms with Gasteiger partial charge in [-0.25, -0.2) is 13.1 Å². The number of hydrogen-bond acceptors (Lipinski definition) is 3. The molecule has 24 heavy (non-hydrogen) atoms. The number of guanidine groups is 1. The molecule has 0 saturated heterocycles. The summed E-state index contributed by atoms with van der Waals surface area (Å²) in [7, 11) is -1.62. The summed E-state index contributed by atoms with van der Waals surface area (Å²) in [5.41, 5.74) is 1.73. The summed E-state index contributed by atoms with van der Waals surface area (Å²) in [4.78, 5) is 4.18. The summed E-state index contributed by atoms with van der Waals surface area (Å²) >= 11 is 0. The van der Waals surface area contributed by atoms with E-state index < -0.39 is 10.0 Å². The Morgan fingerprint density at radius 2 is 1.71 bits per heavy atom. The molecule has 7 heteroatoms. The highest BCUT2D eigenvalue weighted by molar-refractivity contribution is 7.88. The van der Waals surface area contributed by atoms with Gasteiger partial charge in [0.2, 0.25) is 10.0 Å². The summed E-state index contributed by atoms with van der Waals surface area (Å²) in [5.74, 6) is 1.20. The molecule has 3 N–H and O–H groups in total. The maximum Gasteiger partial charge on any atom is 0.216 e. The molecule has 0 saturated carbocycles. The molecule has 0 amide bonds. The Morgan fingerprint density at radius 1 is 1.08 bits per heavy atom. The highest BCUT2D eigenvalue weighted by atomic mass is 32.2. The second-order valence-corrected chi connectivity index (χ2v) is 8.25. The van der Waals surface area contributed by atoms with Crippen molar-refractivity contribution in [2.75, 3.05) is 13.6 Å². The predicted molar refractivity (Wildman–Crippen MR) is 100 cm³/mol. The monoisotopic (exact) mass is 354 g/mol. The molecule has 1 rings (SSSR count). The minimum absolute atomic E-state index is 0.0267. The van der Waals surface area contributed by atoms with E-state index in [4.69, 9.17) is 0 Å². The molecule has 0 bridgehead atoms. The lowest BCUT2D eigenvalue weighted by Crippen LogP contribution is -2.39. The molecule has 1 aromatic carbocycles. The van der Waals surface area contributed by atoms with Gasteiger partial charge in [0.15, 0.2) is 5.96 Å². The fourth-order valence-corrected chi connectivity index (χ4v) is 3.67. The van der Waals surface area contributed by atoms with Crippen LogP contribution in [0.2, 0.25) is 0 Å². The first kappa shape index (κ1) is 20.4. The second kappa shape index (κ2) is 9.64. The Balaban J connectivity index is 2.76. The van der Waals surface area contributed by atoms with Gasteiger partial charge in [-0.1, -0.05) is 38.1 Å². The van der Waals surface area contributed by atoms with Gasteiger partial charge in [-0.3, -0.25) is 4.99 Å². The van der Waals surface area contributed by atoms with E-state index in [1.54, 1.807) is 7.05 Å². The third-order valence-electron chi connectivity index (χ3n) is 3.23. The average molecular weight is 355 g/mol. The summed E-state index contributed by atoms with van der Waals surface area (Å²) in [5, 5.41) is 6.47. The van der Waals surface area contributed by atoms with Gasteiger partial charge in [0.05, 0.1) is 5.75 Å². The molecule has 0 unspecified atom stereocenters. The lowest BCUT2D eigenvalue weighted by atomic mass is 10.1. The molecular weight excluding hydrogens is 324 g/mol. The standard InChI is InChI=1S/C17H30N4O2S/c1-13(2)10-19-17(18-5)20-11-15-8-6-7-9-16(15)12-24(22,23)21-14(3)4/h6-9,13-14,21H,10-12H2,1-5H3,(H2,18,19,20). The smallest absolute Gasteiger partial charge is 0.216 e. The largest absolute Gasteiger partial charge is 0.356 e.